The lowest BCUT2D eigenvalue weighted by Gasteiger charge is -2.35. The van der Waals surface area contributed by atoms with Gasteiger partial charge >= 0.3 is 0 Å². The Labute approximate surface area is 123 Å². The standard InChI is InChI=1S/C17H27N3/c1-18-17(15-5-3-2-4-6-15)9-10-19-11-13-20(14-12-19)16-7-8-16/h2-6,16-18H,7-14H2,1H3. The zero-order chi connectivity index (χ0) is 13.8. The van der Waals surface area contributed by atoms with E-state index in [9.17, 15) is 0 Å². The van der Waals surface area contributed by atoms with Crippen molar-refractivity contribution in [1.82, 2.24) is 15.1 Å². The molecule has 1 saturated heterocycles. The summed E-state index contributed by atoms with van der Waals surface area (Å²) in [4.78, 5) is 5.31. The van der Waals surface area contributed by atoms with Crippen LogP contribution in [0.15, 0.2) is 30.3 Å². The number of hydrogen-bond donors (Lipinski definition) is 1. The fourth-order valence-electron chi connectivity index (χ4n) is 3.27. The third-order valence-electron chi connectivity index (χ3n) is 4.75. The first-order valence-electron chi connectivity index (χ1n) is 8.05. The minimum absolute atomic E-state index is 0.484. The van der Waals surface area contributed by atoms with Crippen molar-refractivity contribution < 1.29 is 0 Å². The summed E-state index contributed by atoms with van der Waals surface area (Å²) in [6.45, 7) is 6.27. The van der Waals surface area contributed by atoms with Crippen LogP contribution in [-0.4, -0.2) is 55.6 Å². The van der Waals surface area contributed by atoms with Gasteiger partial charge in [0.2, 0.25) is 0 Å². The molecular formula is C17H27N3. The van der Waals surface area contributed by atoms with E-state index < -0.39 is 0 Å². The lowest BCUT2D eigenvalue weighted by molar-refractivity contribution is 0.123. The third kappa shape index (κ3) is 3.60. The third-order valence-corrected chi connectivity index (χ3v) is 4.75. The maximum atomic E-state index is 3.46. The van der Waals surface area contributed by atoms with Gasteiger partial charge in [0.15, 0.2) is 0 Å². The molecule has 1 aliphatic heterocycles. The molecule has 0 aromatic heterocycles. The van der Waals surface area contributed by atoms with Crippen molar-refractivity contribution >= 4 is 0 Å². The monoisotopic (exact) mass is 273 g/mol. The molecule has 0 bridgehead atoms. The molecular weight excluding hydrogens is 246 g/mol. The first-order valence-corrected chi connectivity index (χ1v) is 8.05. The molecule has 3 heteroatoms. The summed E-state index contributed by atoms with van der Waals surface area (Å²) in [5.41, 5.74) is 1.41. The zero-order valence-electron chi connectivity index (χ0n) is 12.6. The number of piperazine rings is 1. The molecule has 1 atom stereocenters. The Morgan fingerprint density at radius 2 is 1.80 bits per heavy atom. The van der Waals surface area contributed by atoms with Gasteiger partial charge in [-0.3, -0.25) is 4.90 Å². The molecule has 3 rings (SSSR count). The van der Waals surface area contributed by atoms with E-state index in [0.29, 0.717) is 6.04 Å². The summed E-state index contributed by atoms with van der Waals surface area (Å²) < 4.78 is 0. The minimum atomic E-state index is 0.484. The van der Waals surface area contributed by atoms with Crippen LogP contribution in [0.4, 0.5) is 0 Å². The fourth-order valence-corrected chi connectivity index (χ4v) is 3.27. The summed E-state index contributed by atoms with van der Waals surface area (Å²) in [5, 5.41) is 3.46. The average Bonchev–Trinajstić information content (AvgIpc) is 3.34. The summed E-state index contributed by atoms with van der Waals surface area (Å²) >= 11 is 0. The molecule has 110 valence electrons. The van der Waals surface area contributed by atoms with Crippen molar-refractivity contribution in [3.05, 3.63) is 35.9 Å². The van der Waals surface area contributed by atoms with Gasteiger partial charge in [0, 0.05) is 44.8 Å². The van der Waals surface area contributed by atoms with Crippen LogP contribution in [0.5, 0.6) is 0 Å². The maximum Gasteiger partial charge on any atom is 0.0329 e. The number of benzene rings is 1. The van der Waals surface area contributed by atoms with Crippen LogP contribution < -0.4 is 5.32 Å². The van der Waals surface area contributed by atoms with Crippen LogP contribution in [0.1, 0.15) is 30.9 Å². The molecule has 2 aliphatic rings. The van der Waals surface area contributed by atoms with Crippen molar-refractivity contribution in [2.75, 3.05) is 39.8 Å². The Kier molecular flexibility index (Phi) is 4.71. The lowest BCUT2D eigenvalue weighted by atomic mass is 10.0. The Bertz CT molecular complexity index is 394. The van der Waals surface area contributed by atoms with E-state index >= 15 is 0 Å². The van der Waals surface area contributed by atoms with E-state index in [1.165, 1.54) is 57.5 Å². The van der Waals surface area contributed by atoms with E-state index in [-0.39, 0.29) is 0 Å². The molecule has 0 amide bonds. The van der Waals surface area contributed by atoms with Crippen LogP contribution in [0.25, 0.3) is 0 Å². The molecule has 1 aromatic carbocycles. The molecule has 20 heavy (non-hydrogen) atoms. The molecule has 2 fully saturated rings. The van der Waals surface area contributed by atoms with Gasteiger partial charge < -0.3 is 10.2 Å². The first kappa shape index (κ1) is 14.1. The number of nitrogens with one attached hydrogen (secondary N) is 1. The highest BCUT2D eigenvalue weighted by Crippen LogP contribution is 2.27. The smallest absolute Gasteiger partial charge is 0.0329 e. The molecule has 1 unspecified atom stereocenters. The number of nitrogens with zero attached hydrogens (tertiary/aromatic N) is 2. The Morgan fingerprint density at radius 3 is 2.40 bits per heavy atom. The van der Waals surface area contributed by atoms with Crippen molar-refractivity contribution in [1.29, 1.82) is 0 Å². The van der Waals surface area contributed by atoms with E-state index in [1.54, 1.807) is 0 Å². The van der Waals surface area contributed by atoms with E-state index in [4.69, 9.17) is 0 Å². The van der Waals surface area contributed by atoms with E-state index in [1.807, 2.05) is 0 Å². The predicted octanol–water partition coefficient (Wildman–Crippen LogP) is 2.12. The van der Waals surface area contributed by atoms with Crippen LogP contribution in [-0.2, 0) is 0 Å². The SMILES string of the molecule is CNC(CCN1CCN(C2CC2)CC1)c1ccccc1. The Balaban J connectivity index is 1.44. The van der Waals surface area contributed by atoms with Crippen molar-refractivity contribution in [2.24, 2.45) is 0 Å². The first-order chi connectivity index (χ1) is 9.86. The fraction of sp³-hybridized carbons (Fsp3) is 0.647. The van der Waals surface area contributed by atoms with Gasteiger partial charge in [-0.05, 0) is 31.9 Å². The van der Waals surface area contributed by atoms with Gasteiger partial charge in [0.05, 0.1) is 0 Å². The molecule has 1 N–H and O–H groups in total. The van der Waals surface area contributed by atoms with Gasteiger partial charge in [-0.15, -0.1) is 0 Å². The van der Waals surface area contributed by atoms with Crippen molar-refractivity contribution in [3.8, 4) is 0 Å². The summed E-state index contributed by atoms with van der Waals surface area (Å²) in [7, 11) is 2.07. The molecule has 0 radical (unpaired) electrons. The highest BCUT2D eigenvalue weighted by molar-refractivity contribution is 5.18. The second-order valence-electron chi connectivity index (χ2n) is 6.15. The zero-order valence-corrected chi connectivity index (χ0v) is 12.6. The van der Waals surface area contributed by atoms with Gasteiger partial charge in [0.25, 0.3) is 0 Å². The topological polar surface area (TPSA) is 18.5 Å². The Hall–Kier alpha value is -0.900. The molecule has 1 aromatic rings. The van der Waals surface area contributed by atoms with Gasteiger partial charge in [0.1, 0.15) is 0 Å². The average molecular weight is 273 g/mol. The van der Waals surface area contributed by atoms with Crippen LogP contribution in [0, 0.1) is 0 Å². The molecule has 0 spiro atoms. The van der Waals surface area contributed by atoms with Gasteiger partial charge in [-0.25, -0.2) is 0 Å². The highest BCUT2D eigenvalue weighted by atomic mass is 15.3. The van der Waals surface area contributed by atoms with Crippen LogP contribution in [0.2, 0.25) is 0 Å². The number of hydrogen-bond acceptors (Lipinski definition) is 3. The van der Waals surface area contributed by atoms with E-state index in [0.717, 1.165) is 6.04 Å². The molecule has 1 aliphatic carbocycles. The summed E-state index contributed by atoms with van der Waals surface area (Å²) in [6, 6.07) is 12.2. The molecule has 1 saturated carbocycles. The predicted molar refractivity (Wildman–Crippen MR) is 83.9 cm³/mol. The molecule has 1 heterocycles. The van der Waals surface area contributed by atoms with Gasteiger partial charge in [-0.1, -0.05) is 30.3 Å². The minimum Gasteiger partial charge on any atom is -0.313 e. The summed E-state index contributed by atoms with van der Waals surface area (Å²) in [6.07, 6.45) is 4.08. The second-order valence-corrected chi connectivity index (χ2v) is 6.15. The number of rotatable bonds is 6. The van der Waals surface area contributed by atoms with Gasteiger partial charge in [-0.2, -0.15) is 0 Å². The second kappa shape index (κ2) is 6.70. The van der Waals surface area contributed by atoms with Crippen molar-refractivity contribution in [3.63, 3.8) is 0 Å². The lowest BCUT2D eigenvalue weighted by Crippen LogP contribution is -2.47. The van der Waals surface area contributed by atoms with Crippen molar-refractivity contribution in [2.45, 2.75) is 31.3 Å². The van der Waals surface area contributed by atoms with Crippen LogP contribution in [0.3, 0.4) is 0 Å². The largest absolute Gasteiger partial charge is 0.313 e. The quantitative estimate of drug-likeness (QED) is 0.856. The summed E-state index contributed by atoms with van der Waals surface area (Å²) in [5.74, 6) is 0. The molecule has 3 nitrogen and oxygen atoms in total. The Morgan fingerprint density at radius 1 is 1.10 bits per heavy atom. The van der Waals surface area contributed by atoms with E-state index in [2.05, 4.69) is 52.5 Å². The maximum absolute atomic E-state index is 3.46. The van der Waals surface area contributed by atoms with Crippen LogP contribution >= 0.6 is 0 Å². The normalized spacial score (nSPS) is 22.9. The highest BCUT2D eigenvalue weighted by Gasteiger charge is 2.31.